The van der Waals surface area contributed by atoms with Crippen LogP contribution in [0.1, 0.15) is 37.0 Å². The van der Waals surface area contributed by atoms with Crippen molar-refractivity contribution in [2.24, 2.45) is 0 Å². The average molecular weight is 688 g/mol. The normalized spacial score (nSPS) is 19.1. The molecule has 2 heteroatoms. The number of hydrogen-bond donors (Lipinski definition) is 0. The molecule has 2 aromatic heterocycles. The Morgan fingerprint density at radius 3 is 1.54 bits per heavy atom. The second-order valence-corrected chi connectivity index (χ2v) is 11.6. The maximum atomic E-state index is 10.2. The Morgan fingerprint density at radius 2 is 0.827 bits per heavy atom. The van der Waals surface area contributed by atoms with E-state index < -0.39 is 251 Å². The van der Waals surface area contributed by atoms with Gasteiger partial charge in [0.1, 0.15) is 0 Å². The van der Waals surface area contributed by atoms with E-state index in [4.69, 9.17) is 17.8 Å². The summed E-state index contributed by atoms with van der Waals surface area (Å²) in [6.07, 6.45) is 0. The van der Waals surface area contributed by atoms with Gasteiger partial charge < -0.3 is 9.13 Å². The molecule has 0 spiro atoms. The summed E-state index contributed by atoms with van der Waals surface area (Å²) in [7, 11) is 0. The molecule has 0 radical (unpaired) electrons. The van der Waals surface area contributed by atoms with Crippen molar-refractivity contribution in [1.29, 1.82) is 0 Å². The molecule has 11 rings (SSSR count). The van der Waals surface area contributed by atoms with Crippen molar-refractivity contribution >= 4 is 65.2 Å². The second-order valence-electron chi connectivity index (χ2n) is 11.6. The highest BCUT2D eigenvalue weighted by Gasteiger charge is 2.19. The Morgan fingerprint density at radius 1 is 0.308 bits per heavy atom. The third kappa shape index (κ3) is 4.44. The fourth-order valence-electron chi connectivity index (χ4n) is 6.36. The summed E-state index contributed by atoms with van der Waals surface area (Å²) in [5.74, 6) is 0. The van der Waals surface area contributed by atoms with E-state index in [1.165, 1.54) is 0 Å². The molecule has 2 nitrogen and oxygen atoms in total. The van der Waals surface area contributed by atoms with Gasteiger partial charge in [-0.25, -0.2) is 0 Å². The van der Waals surface area contributed by atoms with Gasteiger partial charge in [-0.15, -0.1) is 0 Å². The van der Waals surface area contributed by atoms with E-state index in [0.29, 0.717) is 5.56 Å². The van der Waals surface area contributed by atoms with Crippen LogP contribution in [0.3, 0.4) is 0 Å². The molecule has 2 heterocycles. The molecule has 52 heavy (non-hydrogen) atoms. The van der Waals surface area contributed by atoms with E-state index in [1.807, 2.05) is 0 Å². The largest absolute Gasteiger partial charge is 0.309 e. The number of nitrogens with zero attached hydrogens (tertiary/aromatic N) is 2. The highest BCUT2D eigenvalue weighted by molar-refractivity contribution is 6.19. The number of rotatable bonds is 4. The SMILES string of the molecule is [2H]c1c([2H])c(-c2c([2H])c([2H])c3c([2H])c([2H])c([2H])c([2H])c3c2[2H])c([2H])c(-n2c3c([2H])c([2H])c([2H])c([2H])c3c3c([2H])c4c(c([2H])c32)c2c([2H])c([2H])c([2H])c([2H])c2n4-c2c([2H])c([2H])c3c([2H])c(-c4ccccc4)c([2H])c([2H])c3c2[2H])c1[2H]. The summed E-state index contributed by atoms with van der Waals surface area (Å²) >= 11 is 0. The van der Waals surface area contributed by atoms with Crippen molar-refractivity contribution in [1.82, 2.24) is 9.13 Å². The van der Waals surface area contributed by atoms with Crippen molar-refractivity contribution in [2.75, 3.05) is 0 Å². The minimum Gasteiger partial charge on any atom is -0.309 e. The lowest BCUT2D eigenvalue weighted by molar-refractivity contribution is 1.18. The molecule has 11 aromatic rings. The van der Waals surface area contributed by atoms with Crippen molar-refractivity contribution in [3.8, 4) is 33.6 Å². The first-order chi connectivity index (χ1) is 37.1. The number of para-hydroxylation sites is 2. The van der Waals surface area contributed by atoms with Crippen LogP contribution in [0.25, 0.3) is 98.8 Å². The van der Waals surface area contributed by atoms with Gasteiger partial charge in [0.2, 0.25) is 0 Å². The first-order valence-corrected chi connectivity index (χ1v) is 15.8. The van der Waals surface area contributed by atoms with E-state index in [0.717, 1.165) is 9.13 Å². The first-order valence-electron chi connectivity index (χ1n) is 29.3. The van der Waals surface area contributed by atoms with Crippen molar-refractivity contribution in [3.63, 3.8) is 0 Å². The highest BCUT2D eigenvalue weighted by Crippen LogP contribution is 2.40. The summed E-state index contributed by atoms with van der Waals surface area (Å²) in [6, 6.07) is -15.1. The van der Waals surface area contributed by atoms with Crippen LogP contribution in [0.15, 0.2) is 193 Å². The molecular formula is C50H32N2. The summed E-state index contributed by atoms with van der Waals surface area (Å²) < 4.78 is 249. The average Bonchev–Trinajstić information content (AvgIpc) is 4.22. The van der Waals surface area contributed by atoms with E-state index in [2.05, 4.69) is 0 Å². The maximum Gasteiger partial charge on any atom is 0.0653 e. The van der Waals surface area contributed by atoms with Crippen molar-refractivity contribution in [3.05, 3.63) is 193 Å². The molecule has 0 aliphatic rings. The summed E-state index contributed by atoms with van der Waals surface area (Å²) in [5, 5.41) is -4.38. The maximum absolute atomic E-state index is 10.2. The zero-order valence-corrected chi connectivity index (χ0v) is 26.3. The number of benzene rings is 9. The molecule has 0 fully saturated rings. The Hall–Kier alpha value is -6.90. The second kappa shape index (κ2) is 11.3. The third-order valence-corrected chi connectivity index (χ3v) is 8.67. The van der Waals surface area contributed by atoms with Gasteiger partial charge in [-0.1, -0.05) is 133 Å². The lowest BCUT2D eigenvalue weighted by atomic mass is 10.0. The molecular weight excluding hydrogens is 629 g/mol. The molecule has 0 bridgehead atoms. The van der Waals surface area contributed by atoms with Gasteiger partial charge in [0.05, 0.1) is 59.1 Å². The summed E-state index contributed by atoms with van der Waals surface area (Å²) in [4.78, 5) is 0. The number of aromatic nitrogens is 2. The minimum absolute atomic E-state index is 0.0945. The van der Waals surface area contributed by atoms with Crippen LogP contribution in [0.2, 0.25) is 0 Å². The van der Waals surface area contributed by atoms with Crippen LogP contribution in [0.4, 0.5) is 0 Å². The number of hydrogen-bond acceptors (Lipinski definition) is 0. The van der Waals surface area contributed by atoms with Gasteiger partial charge in [-0.3, -0.25) is 0 Å². The molecule has 242 valence electrons. The van der Waals surface area contributed by atoms with Gasteiger partial charge >= 0.3 is 0 Å². The molecule has 0 aliphatic heterocycles. The predicted molar refractivity (Wildman–Crippen MR) is 221 cm³/mol. The Labute approximate surface area is 339 Å². The Kier molecular flexibility index (Phi) is 2.83. The third-order valence-electron chi connectivity index (χ3n) is 8.67. The van der Waals surface area contributed by atoms with E-state index in [-0.39, 0.29) is 5.56 Å². The Balaban J connectivity index is 1.38. The monoisotopic (exact) mass is 687 g/mol. The van der Waals surface area contributed by atoms with Gasteiger partial charge in [-0.2, -0.15) is 0 Å². The molecule has 0 saturated carbocycles. The molecule has 0 amide bonds. The summed E-state index contributed by atoms with van der Waals surface area (Å²) in [5.41, 5.74) is -5.53. The van der Waals surface area contributed by atoms with Crippen LogP contribution < -0.4 is 0 Å². The fourth-order valence-corrected chi connectivity index (χ4v) is 6.36. The molecule has 9 aromatic carbocycles. The lowest BCUT2D eigenvalue weighted by Crippen LogP contribution is -1.95. The Bertz CT molecular complexity index is 4730. The first kappa shape index (κ1) is 13.0. The molecule has 0 unspecified atom stereocenters. The van der Waals surface area contributed by atoms with Crippen LogP contribution in [0, 0.1) is 0 Å². The quantitative estimate of drug-likeness (QED) is 0.174. The molecule has 0 aliphatic carbocycles. The van der Waals surface area contributed by atoms with Crippen LogP contribution in [-0.4, -0.2) is 9.13 Å². The molecule has 0 saturated heterocycles. The van der Waals surface area contributed by atoms with Crippen LogP contribution in [0.5, 0.6) is 0 Å². The topological polar surface area (TPSA) is 9.86 Å². The standard InChI is InChI=1S/C50H32N2/c1-2-11-33(12-3-1)37-23-24-40-30-42(26-25-39(40)28-37)52-48-20-9-7-18-44(48)46-31-49-45(32-50(46)52)43-17-6-8-19-47(43)51(49)41-16-10-15-36(29-41)38-22-21-34-13-4-5-14-35(34)27-38/h1-32H/i4D,5D,6D,7D,8D,9D,10D,13D,14D,15D,16D,17D,18D,19D,20D,21D,22D,23D,24D,25D,26D,27D,28D,29D,30D,31D,32D. The highest BCUT2D eigenvalue weighted by atomic mass is 15.0. The van der Waals surface area contributed by atoms with Gasteiger partial charge in [0.15, 0.2) is 0 Å². The molecule has 0 atom stereocenters. The zero-order chi connectivity index (χ0) is 57.7. The van der Waals surface area contributed by atoms with E-state index >= 15 is 0 Å². The van der Waals surface area contributed by atoms with Crippen LogP contribution in [-0.2, 0) is 0 Å². The van der Waals surface area contributed by atoms with Gasteiger partial charge in [-0.05, 0) is 104 Å². The summed E-state index contributed by atoms with van der Waals surface area (Å²) in [6.45, 7) is 0. The lowest BCUT2D eigenvalue weighted by Gasteiger charge is -2.12. The fraction of sp³-hybridized carbons (Fsp3) is 0. The smallest absolute Gasteiger partial charge is 0.0653 e. The van der Waals surface area contributed by atoms with Crippen LogP contribution >= 0.6 is 0 Å². The van der Waals surface area contributed by atoms with Gasteiger partial charge in [0, 0.05) is 32.9 Å². The number of fused-ring (bicyclic) bond motifs is 8. The van der Waals surface area contributed by atoms with Crippen molar-refractivity contribution in [2.45, 2.75) is 0 Å². The minimum atomic E-state index is -1.05. The molecule has 0 N–H and O–H groups in total. The van der Waals surface area contributed by atoms with Gasteiger partial charge in [0.25, 0.3) is 0 Å². The van der Waals surface area contributed by atoms with E-state index in [1.54, 1.807) is 30.3 Å². The predicted octanol–water partition coefficient (Wildman–Crippen LogP) is 13.5. The van der Waals surface area contributed by atoms with E-state index in [9.17, 15) is 19.2 Å². The zero-order valence-electron chi connectivity index (χ0n) is 53.3. The van der Waals surface area contributed by atoms with Crippen molar-refractivity contribution < 1.29 is 37.0 Å².